The lowest BCUT2D eigenvalue weighted by Crippen LogP contribution is -2.54. The third-order valence-corrected chi connectivity index (χ3v) is 5.33. The number of hydrogen-bond acceptors (Lipinski definition) is 5. The number of thioether (sulfide) groups is 1. The fraction of sp³-hybridized carbons (Fsp3) is 0.368. The van der Waals surface area contributed by atoms with Crippen molar-refractivity contribution in [1.29, 1.82) is 0 Å². The van der Waals surface area contributed by atoms with Crippen LogP contribution < -0.4 is 5.32 Å². The van der Waals surface area contributed by atoms with E-state index in [-0.39, 0.29) is 17.9 Å². The largest absolute Gasteiger partial charge is 0.459 e. The first-order valence-electron chi connectivity index (χ1n) is 8.86. The van der Waals surface area contributed by atoms with Gasteiger partial charge in [0.2, 0.25) is 5.91 Å². The van der Waals surface area contributed by atoms with Crippen LogP contribution in [0.15, 0.2) is 52.0 Å². The predicted octanol–water partition coefficient (Wildman–Crippen LogP) is 3.38. The number of amides is 2. The van der Waals surface area contributed by atoms with E-state index in [1.165, 1.54) is 6.26 Å². The second kappa shape index (κ2) is 9.20. The Morgan fingerprint density at radius 2 is 1.79 bits per heavy atom. The average molecular weight is 409 g/mol. The van der Waals surface area contributed by atoms with E-state index in [2.05, 4.69) is 5.32 Å². The highest BCUT2D eigenvalue weighted by atomic mass is 32.2. The van der Waals surface area contributed by atoms with Crippen LogP contribution in [0.2, 0.25) is 0 Å². The molecule has 2 aromatic rings. The smallest absolute Gasteiger partial charge is 0.289 e. The quantitative estimate of drug-likeness (QED) is 0.741. The maximum atomic E-state index is 12.5. The Morgan fingerprint density at radius 1 is 1.11 bits per heavy atom. The molecular weight excluding hydrogens is 388 g/mol. The molecule has 1 fully saturated rings. The lowest BCUT2D eigenvalue weighted by Gasteiger charge is -2.37. The van der Waals surface area contributed by atoms with Gasteiger partial charge < -0.3 is 14.6 Å². The molecule has 150 valence electrons. The molecular formula is C19H21F2N3O3S. The summed E-state index contributed by atoms with van der Waals surface area (Å²) in [6.07, 6.45) is 1.47. The zero-order valence-electron chi connectivity index (χ0n) is 15.3. The minimum Gasteiger partial charge on any atom is -0.459 e. The van der Waals surface area contributed by atoms with E-state index in [9.17, 15) is 18.4 Å². The van der Waals surface area contributed by atoms with Crippen LogP contribution in [0.1, 0.15) is 17.5 Å². The molecule has 0 saturated carbocycles. The van der Waals surface area contributed by atoms with Crippen molar-refractivity contribution in [3.63, 3.8) is 0 Å². The van der Waals surface area contributed by atoms with Gasteiger partial charge in [-0.05, 0) is 43.3 Å². The zero-order chi connectivity index (χ0) is 20.1. The topological polar surface area (TPSA) is 65.8 Å². The SMILES string of the molecule is C[C@H](C(=O)Nc1ccc(SC(F)F)cc1)N1CCN(C(=O)c2ccco2)CC1. The fourth-order valence-corrected chi connectivity index (χ4v) is 3.50. The van der Waals surface area contributed by atoms with Crippen LogP contribution in [0.5, 0.6) is 0 Å². The molecule has 1 aliphatic rings. The van der Waals surface area contributed by atoms with Crippen LogP contribution in [-0.4, -0.2) is 59.6 Å². The summed E-state index contributed by atoms with van der Waals surface area (Å²) in [6, 6.07) is 9.25. The molecule has 0 radical (unpaired) electrons. The molecule has 1 atom stereocenters. The van der Waals surface area contributed by atoms with Crippen LogP contribution in [0.25, 0.3) is 0 Å². The van der Waals surface area contributed by atoms with Crippen molar-refractivity contribution >= 4 is 29.3 Å². The molecule has 1 aliphatic heterocycles. The molecule has 9 heteroatoms. The van der Waals surface area contributed by atoms with Crippen molar-refractivity contribution in [1.82, 2.24) is 9.80 Å². The molecule has 2 amide bonds. The van der Waals surface area contributed by atoms with E-state index in [0.29, 0.717) is 54.3 Å². The van der Waals surface area contributed by atoms with Gasteiger partial charge in [0.1, 0.15) is 0 Å². The number of alkyl halides is 2. The summed E-state index contributed by atoms with van der Waals surface area (Å²) in [5, 5.41) is 2.80. The number of piperazine rings is 1. The second-order valence-electron chi connectivity index (χ2n) is 6.37. The molecule has 28 heavy (non-hydrogen) atoms. The summed E-state index contributed by atoms with van der Waals surface area (Å²) < 4.78 is 29.9. The highest BCUT2D eigenvalue weighted by molar-refractivity contribution is 7.99. The van der Waals surface area contributed by atoms with Crippen molar-refractivity contribution < 1.29 is 22.8 Å². The lowest BCUT2D eigenvalue weighted by molar-refractivity contribution is -0.121. The normalized spacial score (nSPS) is 16.2. The number of hydrogen-bond donors (Lipinski definition) is 1. The molecule has 1 N–H and O–H groups in total. The summed E-state index contributed by atoms with van der Waals surface area (Å²) in [5.74, 6) is -2.49. The first kappa shape index (κ1) is 20.3. The maximum absolute atomic E-state index is 12.5. The minimum atomic E-state index is -2.47. The Bertz CT molecular complexity index is 791. The van der Waals surface area contributed by atoms with Gasteiger partial charge in [-0.2, -0.15) is 8.78 Å². The number of halogens is 2. The number of nitrogens with zero attached hydrogens (tertiary/aromatic N) is 2. The number of anilines is 1. The van der Waals surface area contributed by atoms with Gasteiger partial charge in [0.15, 0.2) is 5.76 Å². The van der Waals surface area contributed by atoms with Gasteiger partial charge >= 0.3 is 0 Å². The van der Waals surface area contributed by atoms with E-state index >= 15 is 0 Å². The summed E-state index contributed by atoms with van der Waals surface area (Å²) in [4.78, 5) is 28.9. The number of benzene rings is 1. The number of nitrogens with one attached hydrogen (secondary N) is 1. The lowest BCUT2D eigenvalue weighted by atomic mass is 10.2. The molecule has 0 unspecified atom stereocenters. The summed E-state index contributed by atoms with van der Waals surface area (Å²) in [7, 11) is 0. The van der Waals surface area contributed by atoms with Gasteiger partial charge in [-0.15, -0.1) is 0 Å². The van der Waals surface area contributed by atoms with Crippen molar-refractivity contribution in [3.05, 3.63) is 48.4 Å². The molecule has 1 aromatic carbocycles. The van der Waals surface area contributed by atoms with Gasteiger partial charge in [0.25, 0.3) is 11.7 Å². The van der Waals surface area contributed by atoms with Gasteiger partial charge in [-0.25, -0.2) is 0 Å². The molecule has 0 aliphatic carbocycles. The highest BCUT2D eigenvalue weighted by Crippen LogP contribution is 2.26. The first-order valence-corrected chi connectivity index (χ1v) is 9.74. The Morgan fingerprint density at radius 3 is 2.36 bits per heavy atom. The molecule has 0 bridgehead atoms. The predicted molar refractivity (Wildman–Crippen MR) is 103 cm³/mol. The molecule has 2 heterocycles. The molecule has 0 spiro atoms. The Hall–Kier alpha value is -2.39. The first-order chi connectivity index (χ1) is 13.4. The summed E-state index contributed by atoms with van der Waals surface area (Å²) in [6.45, 7) is 3.98. The van der Waals surface area contributed by atoms with Gasteiger partial charge in [-0.3, -0.25) is 14.5 Å². The number of furan rings is 1. The summed E-state index contributed by atoms with van der Waals surface area (Å²) >= 11 is 0.463. The molecule has 6 nitrogen and oxygen atoms in total. The highest BCUT2D eigenvalue weighted by Gasteiger charge is 2.28. The monoisotopic (exact) mass is 409 g/mol. The Balaban J connectivity index is 1.49. The van der Waals surface area contributed by atoms with Gasteiger partial charge in [-0.1, -0.05) is 11.8 Å². The molecule has 1 aromatic heterocycles. The third-order valence-electron chi connectivity index (χ3n) is 4.61. The van der Waals surface area contributed by atoms with Gasteiger partial charge in [0.05, 0.1) is 12.3 Å². The van der Waals surface area contributed by atoms with Crippen LogP contribution in [0.3, 0.4) is 0 Å². The molecule has 3 rings (SSSR count). The van der Waals surface area contributed by atoms with Crippen LogP contribution in [-0.2, 0) is 4.79 Å². The van der Waals surface area contributed by atoms with E-state index < -0.39 is 5.76 Å². The average Bonchev–Trinajstić information content (AvgIpc) is 3.23. The Labute approximate surface area is 165 Å². The molecule has 1 saturated heterocycles. The fourth-order valence-electron chi connectivity index (χ4n) is 3.00. The van der Waals surface area contributed by atoms with Crippen molar-refractivity contribution in [2.75, 3.05) is 31.5 Å². The second-order valence-corrected chi connectivity index (χ2v) is 7.44. The summed E-state index contributed by atoms with van der Waals surface area (Å²) in [5.41, 5.74) is 0.557. The van der Waals surface area contributed by atoms with E-state index in [1.54, 1.807) is 48.2 Å². The van der Waals surface area contributed by atoms with Crippen LogP contribution in [0, 0.1) is 0 Å². The zero-order valence-corrected chi connectivity index (χ0v) is 16.1. The number of rotatable bonds is 6. The number of carbonyl (C=O) groups excluding carboxylic acids is 2. The van der Waals surface area contributed by atoms with Crippen LogP contribution >= 0.6 is 11.8 Å². The van der Waals surface area contributed by atoms with Crippen molar-refractivity contribution in [2.24, 2.45) is 0 Å². The van der Waals surface area contributed by atoms with Crippen LogP contribution in [0.4, 0.5) is 14.5 Å². The van der Waals surface area contributed by atoms with Gasteiger partial charge in [0, 0.05) is 36.8 Å². The third kappa shape index (κ3) is 5.11. The van der Waals surface area contributed by atoms with E-state index in [1.807, 2.05) is 4.90 Å². The Kier molecular flexibility index (Phi) is 6.69. The number of carbonyl (C=O) groups is 2. The van der Waals surface area contributed by atoms with Crippen molar-refractivity contribution in [3.8, 4) is 0 Å². The van der Waals surface area contributed by atoms with E-state index in [4.69, 9.17) is 4.42 Å². The van der Waals surface area contributed by atoms with Crippen molar-refractivity contribution in [2.45, 2.75) is 23.6 Å². The standard InChI is InChI=1S/C19H21F2N3O3S/c1-13(17(25)22-14-4-6-15(7-5-14)28-19(20)21)23-8-10-24(11-9-23)18(26)16-3-2-12-27-16/h2-7,12-13,19H,8-11H2,1H3,(H,22,25)/t13-/m1/s1. The van der Waals surface area contributed by atoms with E-state index in [0.717, 1.165) is 0 Å². The maximum Gasteiger partial charge on any atom is 0.289 e. The minimum absolute atomic E-state index is 0.150.